The Hall–Kier alpha value is -0.240. The highest BCUT2D eigenvalue weighted by Crippen LogP contribution is 2.40. The highest BCUT2D eigenvalue weighted by molar-refractivity contribution is 6.42. The van der Waals surface area contributed by atoms with E-state index in [9.17, 15) is 0 Å². The van der Waals surface area contributed by atoms with Gasteiger partial charge in [0.1, 0.15) is 0 Å². The van der Waals surface area contributed by atoms with Crippen LogP contribution in [0.15, 0.2) is 18.2 Å². The molecule has 0 heterocycles. The minimum absolute atomic E-state index is 0.0622. The van der Waals surface area contributed by atoms with Crippen molar-refractivity contribution >= 4 is 23.2 Å². The van der Waals surface area contributed by atoms with Crippen LogP contribution in [0.3, 0.4) is 0 Å². The molecule has 0 bridgehead atoms. The zero-order valence-electron chi connectivity index (χ0n) is 10.3. The van der Waals surface area contributed by atoms with Gasteiger partial charge in [0.25, 0.3) is 0 Å². The molecule has 1 fully saturated rings. The lowest BCUT2D eigenvalue weighted by molar-refractivity contribution is -0.0271. The number of hydrogen-bond donors (Lipinski definition) is 0. The molecule has 0 spiro atoms. The lowest BCUT2D eigenvalue weighted by atomic mass is 9.77. The lowest BCUT2D eigenvalue weighted by Gasteiger charge is -2.36. The molecule has 1 aliphatic rings. The van der Waals surface area contributed by atoms with Gasteiger partial charge in [-0.1, -0.05) is 29.3 Å². The first kappa shape index (κ1) is 13.2. The zero-order chi connectivity index (χ0) is 12.5. The van der Waals surface area contributed by atoms with E-state index in [0.717, 1.165) is 25.7 Å². The summed E-state index contributed by atoms with van der Waals surface area (Å²) in [6.45, 7) is 2.19. The van der Waals surface area contributed by atoms with Crippen LogP contribution in [0.1, 0.15) is 44.1 Å². The van der Waals surface area contributed by atoms with Crippen LogP contribution in [0.5, 0.6) is 0 Å². The zero-order valence-corrected chi connectivity index (χ0v) is 11.8. The number of benzene rings is 1. The van der Waals surface area contributed by atoms with Gasteiger partial charge in [-0.05, 0) is 56.2 Å². The van der Waals surface area contributed by atoms with Crippen molar-refractivity contribution in [3.63, 3.8) is 0 Å². The Morgan fingerprint density at radius 3 is 2.35 bits per heavy atom. The van der Waals surface area contributed by atoms with Gasteiger partial charge in [0.05, 0.1) is 15.6 Å². The van der Waals surface area contributed by atoms with E-state index in [1.807, 2.05) is 12.1 Å². The maximum Gasteiger partial charge on any atom is 0.0651 e. The van der Waals surface area contributed by atoms with Crippen molar-refractivity contribution in [2.45, 2.75) is 44.1 Å². The Labute approximate surface area is 113 Å². The Bertz CT molecular complexity index is 395. The fourth-order valence-corrected chi connectivity index (χ4v) is 2.84. The monoisotopic (exact) mass is 272 g/mol. The number of methoxy groups -OCH3 is 1. The highest BCUT2D eigenvalue weighted by atomic mass is 35.5. The average molecular weight is 273 g/mol. The van der Waals surface area contributed by atoms with E-state index < -0.39 is 0 Å². The molecule has 1 nitrogen and oxygen atoms in total. The molecule has 1 aromatic rings. The standard InChI is InChI=1S/C14H18Cl2O/c1-14(17-2)7-5-10(6-8-14)11-3-4-12(15)13(16)9-11/h3-4,9-10H,5-8H2,1-2H3/t10-,14-. The van der Waals surface area contributed by atoms with Crippen LogP contribution in [0.2, 0.25) is 10.0 Å². The molecule has 94 valence electrons. The van der Waals surface area contributed by atoms with Crippen LogP contribution >= 0.6 is 23.2 Å². The molecule has 0 amide bonds. The van der Waals surface area contributed by atoms with Crippen LogP contribution in [0, 0.1) is 0 Å². The molecular formula is C14H18Cl2O. The molecule has 0 saturated heterocycles. The lowest BCUT2D eigenvalue weighted by Crippen LogP contribution is -2.32. The molecular weight excluding hydrogens is 255 g/mol. The Morgan fingerprint density at radius 1 is 1.18 bits per heavy atom. The average Bonchev–Trinajstić information content (AvgIpc) is 2.34. The second kappa shape index (κ2) is 5.17. The number of rotatable bonds is 2. The number of ether oxygens (including phenoxy) is 1. The predicted octanol–water partition coefficient (Wildman–Crippen LogP) is 5.06. The summed E-state index contributed by atoms with van der Waals surface area (Å²) in [4.78, 5) is 0. The third kappa shape index (κ3) is 2.96. The summed E-state index contributed by atoms with van der Waals surface area (Å²) in [5.74, 6) is 0.591. The van der Waals surface area contributed by atoms with Crippen LogP contribution in [-0.2, 0) is 4.74 Å². The summed E-state index contributed by atoms with van der Waals surface area (Å²) in [6.07, 6.45) is 4.52. The summed E-state index contributed by atoms with van der Waals surface area (Å²) in [6, 6.07) is 5.99. The molecule has 3 heteroatoms. The Morgan fingerprint density at radius 2 is 1.82 bits per heavy atom. The van der Waals surface area contributed by atoms with Crippen molar-refractivity contribution in [1.29, 1.82) is 0 Å². The van der Waals surface area contributed by atoms with Gasteiger partial charge in [0.15, 0.2) is 0 Å². The SMILES string of the molecule is CO[C@]1(C)CC[C@@H](c2ccc(Cl)c(Cl)c2)CC1. The third-order valence-corrected chi connectivity index (χ3v) is 4.69. The molecule has 0 unspecified atom stereocenters. The predicted molar refractivity (Wildman–Crippen MR) is 73.1 cm³/mol. The van der Waals surface area contributed by atoms with Crippen LogP contribution < -0.4 is 0 Å². The third-order valence-electron chi connectivity index (χ3n) is 3.95. The second-order valence-corrected chi connectivity index (χ2v) is 5.92. The normalized spacial score (nSPS) is 29.3. The van der Waals surface area contributed by atoms with Gasteiger partial charge in [-0.3, -0.25) is 0 Å². The first-order valence-electron chi connectivity index (χ1n) is 6.04. The molecule has 0 N–H and O–H groups in total. The number of hydrogen-bond acceptors (Lipinski definition) is 1. The van der Waals surface area contributed by atoms with Gasteiger partial charge < -0.3 is 4.74 Å². The summed E-state index contributed by atoms with van der Waals surface area (Å²) in [5.41, 5.74) is 1.37. The van der Waals surface area contributed by atoms with Crippen molar-refractivity contribution in [1.82, 2.24) is 0 Å². The summed E-state index contributed by atoms with van der Waals surface area (Å²) in [5, 5.41) is 1.29. The quantitative estimate of drug-likeness (QED) is 0.732. The maximum atomic E-state index is 6.06. The molecule has 1 saturated carbocycles. The minimum atomic E-state index is 0.0622. The van der Waals surface area contributed by atoms with Crippen molar-refractivity contribution in [3.8, 4) is 0 Å². The minimum Gasteiger partial charge on any atom is -0.379 e. The van der Waals surface area contributed by atoms with E-state index in [1.165, 1.54) is 5.56 Å². The summed E-state index contributed by atoms with van der Waals surface area (Å²) in [7, 11) is 1.81. The maximum absolute atomic E-state index is 6.06. The summed E-state index contributed by atoms with van der Waals surface area (Å²) < 4.78 is 5.56. The van der Waals surface area contributed by atoms with Gasteiger partial charge in [0, 0.05) is 7.11 Å². The van der Waals surface area contributed by atoms with Gasteiger partial charge in [-0.2, -0.15) is 0 Å². The van der Waals surface area contributed by atoms with E-state index in [1.54, 1.807) is 7.11 Å². The topological polar surface area (TPSA) is 9.23 Å². The van der Waals surface area contributed by atoms with Crippen molar-refractivity contribution in [2.24, 2.45) is 0 Å². The molecule has 0 aliphatic heterocycles. The number of halogens is 2. The smallest absolute Gasteiger partial charge is 0.0651 e. The van der Waals surface area contributed by atoms with E-state index in [4.69, 9.17) is 27.9 Å². The van der Waals surface area contributed by atoms with Gasteiger partial charge in [-0.25, -0.2) is 0 Å². The summed E-state index contributed by atoms with van der Waals surface area (Å²) >= 11 is 12.0. The van der Waals surface area contributed by atoms with Gasteiger partial charge in [-0.15, -0.1) is 0 Å². The van der Waals surface area contributed by atoms with Crippen molar-refractivity contribution in [2.75, 3.05) is 7.11 Å². The molecule has 0 radical (unpaired) electrons. The fraction of sp³-hybridized carbons (Fsp3) is 0.571. The van der Waals surface area contributed by atoms with E-state index in [-0.39, 0.29) is 5.60 Å². The van der Waals surface area contributed by atoms with Crippen LogP contribution in [0.4, 0.5) is 0 Å². The van der Waals surface area contributed by atoms with Gasteiger partial charge in [0.2, 0.25) is 0 Å². The second-order valence-electron chi connectivity index (χ2n) is 5.10. The van der Waals surface area contributed by atoms with Crippen LogP contribution in [-0.4, -0.2) is 12.7 Å². The molecule has 17 heavy (non-hydrogen) atoms. The van der Waals surface area contributed by atoms with E-state index in [2.05, 4.69) is 13.0 Å². The fourth-order valence-electron chi connectivity index (χ4n) is 2.53. The van der Waals surface area contributed by atoms with E-state index in [0.29, 0.717) is 16.0 Å². The molecule has 0 atom stereocenters. The van der Waals surface area contributed by atoms with Crippen molar-refractivity contribution < 1.29 is 4.74 Å². The largest absolute Gasteiger partial charge is 0.379 e. The first-order valence-corrected chi connectivity index (χ1v) is 6.80. The molecule has 1 aliphatic carbocycles. The molecule has 0 aromatic heterocycles. The van der Waals surface area contributed by atoms with E-state index >= 15 is 0 Å². The molecule has 2 rings (SSSR count). The van der Waals surface area contributed by atoms with Crippen LogP contribution in [0.25, 0.3) is 0 Å². The molecule has 1 aromatic carbocycles. The Balaban J connectivity index is 2.08. The van der Waals surface area contributed by atoms with Gasteiger partial charge >= 0.3 is 0 Å². The Kier molecular flexibility index (Phi) is 4.02. The first-order chi connectivity index (χ1) is 8.04. The highest BCUT2D eigenvalue weighted by Gasteiger charge is 2.31. The van der Waals surface area contributed by atoms with Crippen molar-refractivity contribution in [3.05, 3.63) is 33.8 Å².